The number of nitrogens with one attached hydrogen (secondary N) is 1. The molecule has 1 aromatic carbocycles. The van der Waals surface area contributed by atoms with Gasteiger partial charge in [0.15, 0.2) is 0 Å². The van der Waals surface area contributed by atoms with Crippen molar-refractivity contribution >= 4 is 11.6 Å². The van der Waals surface area contributed by atoms with Gasteiger partial charge in [0.25, 0.3) is 0 Å². The molecule has 2 N–H and O–H groups in total. The zero-order chi connectivity index (χ0) is 12.7. The molecule has 4 nitrogen and oxygen atoms in total. The number of ether oxygens (including phenoxy) is 1. The van der Waals surface area contributed by atoms with E-state index in [0.717, 1.165) is 11.3 Å². The number of carbonyl (C=O) groups is 1. The molecule has 0 radical (unpaired) electrons. The molecule has 0 heterocycles. The number of hydrogen-bond acceptors (Lipinski definition) is 3. The summed E-state index contributed by atoms with van der Waals surface area (Å²) in [6, 6.07) is 7.13. The second-order valence-corrected chi connectivity index (χ2v) is 3.99. The van der Waals surface area contributed by atoms with Crippen molar-refractivity contribution in [1.29, 1.82) is 0 Å². The Labute approximate surface area is 102 Å². The summed E-state index contributed by atoms with van der Waals surface area (Å²) in [6.07, 6.45) is 1.24. The lowest BCUT2D eigenvalue weighted by molar-refractivity contribution is -0.116. The number of amides is 1. The second kappa shape index (κ2) is 7.04. The van der Waals surface area contributed by atoms with Gasteiger partial charge in [-0.25, -0.2) is 0 Å². The highest BCUT2D eigenvalue weighted by molar-refractivity contribution is 5.90. The zero-order valence-corrected chi connectivity index (χ0v) is 10.3. The van der Waals surface area contributed by atoms with Crippen molar-refractivity contribution in [3.8, 4) is 0 Å². The normalized spacial score (nSPS) is 12.2. The predicted octanol–water partition coefficient (Wildman–Crippen LogP) is 1.93. The fourth-order valence-electron chi connectivity index (χ4n) is 1.37. The molecule has 1 atom stereocenters. The fourth-order valence-corrected chi connectivity index (χ4v) is 1.37. The molecule has 1 amide bonds. The van der Waals surface area contributed by atoms with Crippen LogP contribution >= 0.6 is 0 Å². The molecule has 1 unspecified atom stereocenters. The molecule has 1 aromatic rings. The van der Waals surface area contributed by atoms with E-state index in [9.17, 15) is 4.79 Å². The number of aliphatic hydroxyl groups excluding tert-OH is 1. The lowest BCUT2D eigenvalue weighted by atomic mass is 10.2. The summed E-state index contributed by atoms with van der Waals surface area (Å²) in [4.78, 5) is 11.6. The summed E-state index contributed by atoms with van der Waals surface area (Å²) >= 11 is 0. The van der Waals surface area contributed by atoms with Crippen molar-refractivity contribution in [2.24, 2.45) is 0 Å². The van der Waals surface area contributed by atoms with Crippen LogP contribution in [0.4, 0.5) is 5.69 Å². The highest BCUT2D eigenvalue weighted by Crippen LogP contribution is 2.10. The Morgan fingerprint density at radius 2 is 2.06 bits per heavy atom. The van der Waals surface area contributed by atoms with Crippen LogP contribution in [0.15, 0.2) is 24.3 Å². The minimum Gasteiger partial charge on any atom is -0.392 e. The first-order valence-electron chi connectivity index (χ1n) is 5.68. The van der Waals surface area contributed by atoms with Crippen molar-refractivity contribution in [3.05, 3.63) is 29.8 Å². The average molecular weight is 237 g/mol. The van der Waals surface area contributed by atoms with Crippen LogP contribution in [0.5, 0.6) is 0 Å². The molecule has 0 fully saturated rings. The molecule has 94 valence electrons. The number of methoxy groups -OCH3 is 1. The second-order valence-electron chi connectivity index (χ2n) is 3.99. The van der Waals surface area contributed by atoms with Crippen LogP contribution in [0.1, 0.15) is 25.3 Å². The van der Waals surface area contributed by atoms with Gasteiger partial charge in [-0.05, 0) is 31.0 Å². The van der Waals surface area contributed by atoms with E-state index in [1.165, 1.54) is 0 Å². The monoisotopic (exact) mass is 237 g/mol. The van der Waals surface area contributed by atoms with Crippen LogP contribution in [0.2, 0.25) is 0 Å². The minimum absolute atomic E-state index is 0.0135. The third-order valence-corrected chi connectivity index (χ3v) is 2.60. The molecule has 0 saturated carbocycles. The summed E-state index contributed by atoms with van der Waals surface area (Å²) in [7, 11) is 1.64. The molecule has 17 heavy (non-hydrogen) atoms. The molecule has 0 spiro atoms. The number of hydrogen-bond donors (Lipinski definition) is 2. The number of benzene rings is 1. The smallest absolute Gasteiger partial charge is 0.224 e. The number of carbonyl (C=O) groups excluding carboxylic acids is 1. The molecule has 0 aromatic heterocycles. The molecule has 0 bridgehead atoms. The van der Waals surface area contributed by atoms with Gasteiger partial charge in [0.05, 0.1) is 12.7 Å². The molecule has 0 aliphatic carbocycles. The van der Waals surface area contributed by atoms with Gasteiger partial charge in [0.1, 0.15) is 0 Å². The van der Waals surface area contributed by atoms with Gasteiger partial charge in [-0.3, -0.25) is 4.79 Å². The first kappa shape index (κ1) is 13.7. The highest BCUT2D eigenvalue weighted by Gasteiger charge is 2.06. The molecule has 0 aliphatic heterocycles. The first-order valence-corrected chi connectivity index (χ1v) is 5.68. The van der Waals surface area contributed by atoms with Gasteiger partial charge in [-0.15, -0.1) is 0 Å². The average Bonchev–Trinajstić information content (AvgIpc) is 2.36. The van der Waals surface area contributed by atoms with Crippen LogP contribution in [-0.4, -0.2) is 24.2 Å². The Kier molecular flexibility index (Phi) is 5.66. The van der Waals surface area contributed by atoms with E-state index in [0.29, 0.717) is 12.8 Å². The van der Waals surface area contributed by atoms with E-state index in [1.54, 1.807) is 31.4 Å². The van der Waals surface area contributed by atoms with Gasteiger partial charge >= 0.3 is 0 Å². The van der Waals surface area contributed by atoms with Crippen LogP contribution < -0.4 is 5.32 Å². The van der Waals surface area contributed by atoms with Crippen molar-refractivity contribution in [3.63, 3.8) is 0 Å². The summed E-state index contributed by atoms with van der Waals surface area (Å²) in [5, 5.41) is 11.7. The summed E-state index contributed by atoms with van der Waals surface area (Å²) in [5.41, 5.74) is 1.58. The van der Waals surface area contributed by atoms with Gasteiger partial charge in [-0.1, -0.05) is 12.1 Å². The van der Waals surface area contributed by atoms with Crippen molar-refractivity contribution in [2.45, 2.75) is 32.5 Å². The highest BCUT2D eigenvalue weighted by atomic mass is 16.5. The number of anilines is 1. The van der Waals surface area contributed by atoms with Gasteiger partial charge in [-0.2, -0.15) is 0 Å². The van der Waals surface area contributed by atoms with Crippen LogP contribution in [-0.2, 0) is 16.1 Å². The standard InChI is InChI=1S/C13H19NO3/c1-10(17-2)3-8-13(16)14-12-6-4-11(9-15)5-7-12/h4-7,10,15H,3,8-9H2,1-2H3,(H,14,16). The Balaban J connectivity index is 2.39. The largest absolute Gasteiger partial charge is 0.392 e. The third-order valence-electron chi connectivity index (χ3n) is 2.60. The number of rotatable bonds is 6. The SMILES string of the molecule is COC(C)CCC(=O)Nc1ccc(CO)cc1. The van der Waals surface area contributed by atoms with E-state index >= 15 is 0 Å². The Morgan fingerprint density at radius 1 is 1.41 bits per heavy atom. The Morgan fingerprint density at radius 3 is 2.59 bits per heavy atom. The molecule has 4 heteroatoms. The summed E-state index contributed by atoms with van der Waals surface area (Å²) in [6.45, 7) is 1.95. The van der Waals surface area contributed by atoms with Crippen LogP contribution in [0.3, 0.4) is 0 Å². The summed E-state index contributed by atoms with van der Waals surface area (Å²) in [5.74, 6) is -0.0225. The van der Waals surface area contributed by atoms with E-state index in [-0.39, 0.29) is 18.6 Å². The Hall–Kier alpha value is -1.39. The topological polar surface area (TPSA) is 58.6 Å². The van der Waals surface area contributed by atoms with Crippen LogP contribution in [0, 0.1) is 0 Å². The molecule has 0 aliphatic rings. The van der Waals surface area contributed by atoms with Gasteiger partial charge in [0.2, 0.25) is 5.91 Å². The maximum Gasteiger partial charge on any atom is 0.224 e. The Bertz CT molecular complexity index is 348. The van der Waals surface area contributed by atoms with Crippen molar-refractivity contribution in [1.82, 2.24) is 0 Å². The van der Waals surface area contributed by atoms with E-state index < -0.39 is 0 Å². The van der Waals surface area contributed by atoms with Gasteiger partial charge < -0.3 is 15.2 Å². The quantitative estimate of drug-likeness (QED) is 0.794. The predicted molar refractivity (Wildman–Crippen MR) is 66.7 cm³/mol. The lowest BCUT2D eigenvalue weighted by Crippen LogP contribution is -2.15. The third kappa shape index (κ3) is 4.97. The molecular weight excluding hydrogens is 218 g/mol. The minimum atomic E-state index is -0.0225. The first-order chi connectivity index (χ1) is 8.15. The molecule has 1 rings (SSSR count). The van der Waals surface area contributed by atoms with Crippen molar-refractivity contribution in [2.75, 3.05) is 12.4 Å². The lowest BCUT2D eigenvalue weighted by Gasteiger charge is -2.09. The zero-order valence-electron chi connectivity index (χ0n) is 10.3. The van der Waals surface area contributed by atoms with Crippen molar-refractivity contribution < 1.29 is 14.6 Å². The molecular formula is C13H19NO3. The van der Waals surface area contributed by atoms with E-state index in [4.69, 9.17) is 9.84 Å². The maximum absolute atomic E-state index is 11.6. The van der Waals surface area contributed by atoms with Gasteiger partial charge in [0, 0.05) is 19.2 Å². The fraction of sp³-hybridized carbons (Fsp3) is 0.462. The van der Waals surface area contributed by atoms with Crippen LogP contribution in [0.25, 0.3) is 0 Å². The molecule has 0 saturated heterocycles. The van der Waals surface area contributed by atoms with E-state index in [2.05, 4.69) is 5.32 Å². The number of aliphatic hydroxyl groups is 1. The maximum atomic E-state index is 11.6. The van der Waals surface area contributed by atoms with E-state index in [1.807, 2.05) is 6.92 Å². The summed E-state index contributed by atoms with van der Waals surface area (Å²) < 4.78 is 5.07.